The van der Waals surface area contributed by atoms with Gasteiger partial charge in [0.2, 0.25) is 5.91 Å². The van der Waals surface area contributed by atoms with E-state index in [0.29, 0.717) is 5.91 Å². The Balaban J connectivity index is 1.31. The van der Waals surface area contributed by atoms with Crippen LogP contribution in [0.3, 0.4) is 0 Å². The van der Waals surface area contributed by atoms with Crippen LogP contribution in [0.25, 0.3) is 10.2 Å². The Kier molecular flexibility index (Phi) is 5.88. The van der Waals surface area contributed by atoms with Crippen molar-refractivity contribution in [3.8, 4) is 0 Å². The largest absolute Gasteiger partial charge is 0.345 e. The van der Waals surface area contributed by atoms with Crippen molar-refractivity contribution in [1.82, 2.24) is 9.88 Å². The van der Waals surface area contributed by atoms with Crippen LogP contribution in [-0.2, 0) is 10.2 Å². The van der Waals surface area contributed by atoms with Gasteiger partial charge in [0, 0.05) is 36.1 Å². The molecule has 7 heteroatoms. The molecule has 2 aromatic carbocycles. The topological polar surface area (TPSA) is 36.4 Å². The van der Waals surface area contributed by atoms with Crippen molar-refractivity contribution in [2.24, 2.45) is 0 Å². The third-order valence-electron chi connectivity index (χ3n) is 6.69. The van der Waals surface area contributed by atoms with Gasteiger partial charge < -0.3 is 9.80 Å². The number of nitrogens with zero attached hydrogens (tertiary/aromatic N) is 3. The minimum absolute atomic E-state index is 0.292. The number of fused-ring (bicyclic) bond motifs is 1. The van der Waals surface area contributed by atoms with E-state index >= 15 is 0 Å². The Hall–Kier alpha value is -1.76. The van der Waals surface area contributed by atoms with Crippen molar-refractivity contribution in [2.45, 2.75) is 36.0 Å². The summed E-state index contributed by atoms with van der Waals surface area (Å²) in [4.78, 5) is 24.2. The van der Waals surface area contributed by atoms with Gasteiger partial charge in [-0.15, -0.1) is 11.8 Å². The van der Waals surface area contributed by atoms with E-state index in [1.165, 1.54) is 9.60 Å². The Labute approximate surface area is 196 Å². The standard InChI is InChI=1S/C24H26ClN3OS2/c1-30-19-8-9-20-21(16-19)31-23(26-20)28-14-12-27(13-15-28)22(29)24(10-2-3-11-24)17-4-6-18(25)7-5-17/h4-9,16H,2-3,10-15H2,1H3. The lowest BCUT2D eigenvalue weighted by Gasteiger charge is -2.40. The molecule has 1 saturated heterocycles. The second kappa shape index (κ2) is 8.64. The zero-order valence-electron chi connectivity index (χ0n) is 17.6. The third-order valence-corrected chi connectivity index (χ3v) is 8.74. The highest BCUT2D eigenvalue weighted by atomic mass is 35.5. The fourth-order valence-corrected chi connectivity index (χ4v) is 6.63. The van der Waals surface area contributed by atoms with Gasteiger partial charge in [0.1, 0.15) is 0 Å². The number of carbonyl (C=O) groups is 1. The molecule has 4 nitrogen and oxygen atoms in total. The first-order valence-corrected chi connectivity index (χ1v) is 13.3. The summed E-state index contributed by atoms with van der Waals surface area (Å²) in [6.07, 6.45) is 6.18. The zero-order valence-corrected chi connectivity index (χ0v) is 20.0. The first kappa shape index (κ1) is 21.1. The molecule has 0 bridgehead atoms. The average Bonchev–Trinajstić information content (AvgIpc) is 3.47. The SMILES string of the molecule is CSc1ccc2nc(N3CCN(C(=O)C4(c5ccc(Cl)cc5)CCCC4)CC3)sc2c1. The number of hydrogen-bond acceptors (Lipinski definition) is 5. The van der Waals surface area contributed by atoms with E-state index in [9.17, 15) is 4.79 Å². The van der Waals surface area contributed by atoms with Crippen LogP contribution >= 0.6 is 34.7 Å². The lowest BCUT2D eigenvalue weighted by atomic mass is 9.77. The van der Waals surface area contributed by atoms with Gasteiger partial charge in [-0.2, -0.15) is 0 Å². The number of benzene rings is 2. The van der Waals surface area contributed by atoms with Crippen LogP contribution in [0.1, 0.15) is 31.2 Å². The van der Waals surface area contributed by atoms with Crippen molar-refractivity contribution in [3.63, 3.8) is 0 Å². The second-order valence-corrected chi connectivity index (χ2v) is 10.7. The van der Waals surface area contributed by atoms with Gasteiger partial charge in [-0.3, -0.25) is 4.79 Å². The minimum Gasteiger partial charge on any atom is -0.345 e. The third kappa shape index (κ3) is 3.94. The molecule has 1 aromatic heterocycles. The molecule has 0 spiro atoms. The average molecular weight is 472 g/mol. The number of piperazine rings is 1. The number of aromatic nitrogens is 1. The maximum Gasteiger partial charge on any atom is 0.233 e. The van der Waals surface area contributed by atoms with E-state index in [-0.39, 0.29) is 5.41 Å². The molecule has 2 fully saturated rings. The van der Waals surface area contributed by atoms with Crippen molar-refractivity contribution in [1.29, 1.82) is 0 Å². The number of carbonyl (C=O) groups excluding carboxylic acids is 1. The summed E-state index contributed by atoms with van der Waals surface area (Å²) < 4.78 is 1.23. The Bertz CT molecular complexity index is 1080. The van der Waals surface area contributed by atoms with Crippen LogP contribution in [0.5, 0.6) is 0 Å². The highest BCUT2D eigenvalue weighted by Crippen LogP contribution is 2.43. The van der Waals surface area contributed by atoms with Crippen molar-refractivity contribution >= 4 is 56.0 Å². The number of thioether (sulfide) groups is 1. The van der Waals surface area contributed by atoms with Gasteiger partial charge in [0.05, 0.1) is 15.6 Å². The maximum absolute atomic E-state index is 13.7. The molecule has 1 aliphatic heterocycles. The van der Waals surface area contributed by atoms with Crippen LogP contribution < -0.4 is 4.90 Å². The van der Waals surface area contributed by atoms with Crippen molar-refractivity contribution < 1.29 is 4.79 Å². The summed E-state index contributed by atoms with van der Waals surface area (Å²) in [5, 5.41) is 1.78. The summed E-state index contributed by atoms with van der Waals surface area (Å²) in [6, 6.07) is 14.4. The Morgan fingerprint density at radius 2 is 1.77 bits per heavy atom. The first-order valence-electron chi connectivity index (χ1n) is 10.8. The number of thiazole rings is 1. The highest BCUT2D eigenvalue weighted by molar-refractivity contribution is 7.98. The van der Waals surface area contributed by atoms with Crippen LogP contribution in [0.2, 0.25) is 5.02 Å². The van der Waals surface area contributed by atoms with Gasteiger partial charge in [0.25, 0.3) is 0 Å². The molecular formula is C24H26ClN3OS2. The number of hydrogen-bond donors (Lipinski definition) is 0. The van der Waals surface area contributed by atoms with Crippen LogP contribution in [0, 0.1) is 0 Å². The normalized spacial score (nSPS) is 18.6. The van der Waals surface area contributed by atoms with Crippen LogP contribution in [0.15, 0.2) is 47.4 Å². The van der Waals surface area contributed by atoms with E-state index in [1.54, 1.807) is 23.1 Å². The molecule has 2 aliphatic rings. The van der Waals surface area contributed by atoms with Gasteiger partial charge in [-0.05, 0) is 55.0 Å². The monoisotopic (exact) mass is 471 g/mol. The first-order chi connectivity index (χ1) is 15.1. The zero-order chi connectivity index (χ0) is 21.4. The molecule has 5 rings (SSSR count). The van der Waals surface area contributed by atoms with E-state index in [2.05, 4.69) is 34.3 Å². The van der Waals surface area contributed by atoms with Crippen LogP contribution in [-0.4, -0.2) is 48.2 Å². The number of rotatable bonds is 4. The summed E-state index contributed by atoms with van der Waals surface area (Å²) in [5.41, 5.74) is 1.80. The minimum atomic E-state index is -0.378. The fourth-order valence-electron chi connectivity index (χ4n) is 4.93. The molecule has 1 saturated carbocycles. The highest BCUT2D eigenvalue weighted by Gasteiger charge is 2.45. The molecule has 1 aliphatic carbocycles. The lowest BCUT2D eigenvalue weighted by molar-refractivity contribution is -0.137. The predicted molar refractivity (Wildman–Crippen MR) is 132 cm³/mol. The molecule has 0 N–H and O–H groups in total. The van der Waals surface area contributed by atoms with E-state index in [4.69, 9.17) is 16.6 Å². The summed E-state index contributed by atoms with van der Waals surface area (Å²) in [6.45, 7) is 3.16. The molecular weight excluding hydrogens is 446 g/mol. The van der Waals surface area contributed by atoms with Gasteiger partial charge in [0.15, 0.2) is 5.13 Å². The molecule has 0 radical (unpaired) electrons. The van der Waals surface area contributed by atoms with E-state index in [1.807, 2.05) is 24.3 Å². The van der Waals surface area contributed by atoms with Gasteiger partial charge in [-0.25, -0.2) is 4.98 Å². The summed E-state index contributed by atoms with van der Waals surface area (Å²) >= 11 is 9.61. The Morgan fingerprint density at radius 3 is 2.45 bits per heavy atom. The molecule has 31 heavy (non-hydrogen) atoms. The van der Waals surface area contributed by atoms with Gasteiger partial charge >= 0.3 is 0 Å². The molecule has 162 valence electrons. The summed E-state index contributed by atoms with van der Waals surface area (Å²) in [5.74, 6) is 0.292. The molecule has 1 amide bonds. The summed E-state index contributed by atoms with van der Waals surface area (Å²) in [7, 11) is 0. The van der Waals surface area contributed by atoms with Crippen molar-refractivity contribution in [3.05, 3.63) is 53.1 Å². The predicted octanol–water partition coefficient (Wildman–Crippen LogP) is 5.83. The maximum atomic E-state index is 13.7. The van der Waals surface area contributed by atoms with Crippen molar-refractivity contribution in [2.75, 3.05) is 37.3 Å². The smallest absolute Gasteiger partial charge is 0.233 e. The van der Waals surface area contributed by atoms with Crippen LogP contribution in [0.4, 0.5) is 5.13 Å². The molecule has 3 aromatic rings. The molecule has 0 atom stereocenters. The van der Waals surface area contributed by atoms with E-state index < -0.39 is 0 Å². The quantitative estimate of drug-likeness (QED) is 0.448. The number of amides is 1. The lowest BCUT2D eigenvalue weighted by Crippen LogP contribution is -2.54. The second-order valence-electron chi connectivity index (χ2n) is 8.41. The molecule has 2 heterocycles. The number of anilines is 1. The fraction of sp³-hybridized carbons (Fsp3) is 0.417. The number of halogens is 1. The van der Waals surface area contributed by atoms with E-state index in [0.717, 1.165) is 73.1 Å². The molecule has 0 unspecified atom stereocenters. The Morgan fingerprint density at radius 1 is 1.06 bits per heavy atom. The van der Waals surface area contributed by atoms with Gasteiger partial charge in [-0.1, -0.05) is 47.9 Å².